The highest BCUT2D eigenvalue weighted by Crippen LogP contribution is 2.12. The Morgan fingerprint density at radius 3 is 2.30 bits per heavy atom. The van der Waals surface area contributed by atoms with Gasteiger partial charge in [-0.25, -0.2) is 8.42 Å². The molecule has 2 unspecified atom stereocenters. The quantitative estimate of drug-likeness (QED) is 0.422. The number of nitrogens with zero attached hydrogens (tertiary/aromatic N) is 1. The van der Waals surface area contributed by atoms with Gasteiger partial charge in [0.2, 0.25) is 0 Å². The summed E-state index contributed by atoms with van der Waals surface area (Å²) in [4.78, 5) is 4.58. The molecular formula is C23H33N3O3S. The fraction of sp³-hybridized carbons (Fsp3) is 0.435. The van der Waals surface area contributed by atoms with E-state index in [4.69, 9.17) is 4.74 Å². The monoisotopic (exact) mass is 431 g/mol. The Bertz CT molecular complexity index is 871. The van der Waals surface area contributed by atoms with Gasteiger partial charge in [-0.1, -0.05) is 62.4 Å². The Morgan fingerprint density at radius 2 is 1.70 bits per heavy atom. The first-order valence-corrected chi connectivity index (χ1v) is 12.0. The summed E-state index contributed by atoms with van der Waals surface area (Å²) in [6.07, 6.45) is 0.669. The maximum atomic E-state index is 12.7. The summed E-state index contributed by atoms with van der Waals surface area (Å²) < 4.78 is 31.1. The van der Waals surface area contributed by atoms with Crippen molar-refractivity contribution < 1.29 is 13.2 Å². The molecule has 2 atom stereocenters. The van der Waals surface area contributed by atoms with E-state index >= 15 is 0 Å². The van der Waals surface area contributed by atoms with Crippen LogP contribution in [0.3, 0.4) is 0 Å². The average Bonchev–Trinajstić information content (AvgIpc) is 2.77. The van der Waals surface area contributed by atoms with Gasteiger partial charge < -0.3 is 15.4 Å². The molecule has 30 heavy (non-hydrogen) atoms. The summed E-state index contributed by atoms with van der Waals surface area (Å²) in [5.41, 5.74) is 1.15. The van der Waals surface area contributed by atoms with Gasteiger partial charge in [-0.2, -0.15) is 0 Å². The summed E-state index contributed by atoms with van der Waals surface area (Å²) in [6.45, 7) is 5.95. The van der Waals surface area contributed by atoms with Crippen molar-refractivity contribution in [3.05, 3.63) is 66.2 Å². The van der Waals surface area contributed by atoms with E-state index in [0.717, 1.165) is 5.56 Å². The molecule has 0 aliphatic carbocycles. The van der Waals surface area contributed by atoms with Crippen LogP contribution in [0.4, 0.5) is 0 Å². The molecule has 0 spiro atoms. The number of ether oxygens (including phenoxy) is 1. The number of sulfone groups is 1. The van der Waals surface area contributed by atoms with Crippen LogP contribution in [0, 0.1) is 5.92 Å². The van der Waals surface area contributed by atoms with Gasteiger partial charge in [-0.3, -0.25) is 4.99 Å². The second kappa shape index (κ2) is 12.3. The van der Waals surface area contributed by atoms with Crippen molar-refractivity contribution in [2.75, 3.05) is 26.0 Å². The van der Waals surface area contributed by atoms with Crippen molar-refractivity contribution in [1.82, 2.24) is 10.6 Å². The molecular weight excluding hydrogens is 398 g/mol. The minimum absolute atomic E-state index is 0.0178. The van der Waals surface area contributed by atoms with E-state index in [1.54, 1.807) is 31.3 Å². The molecule has 0 bridgehead atoms. The van der Waals surface area contributed by atoms with Crippen LogP contribution in [0.15, 0.2) is 70.6 Å². The van der Waals surface area contributed by atoms with Crippen LogP contribution in [0.25, 0.3) is 0 Å². The lowest BCUT2D eigenvalue weighted by Crippen LogP contribution is -2.47. The Morgan fingerprint density at radius 1 is 1.07 bits per heavy atom. The lowest BCUT2D eigenvalue weighted by atomic mass is 10.2. The molecule has 2 rings (SSSR count). The normalized spacial score (nSPS) is 14.2. The van der Waals surface area contributed by atoms with Gasteiger partial charge in [0.15, 0.2) is 15.8 Å². The van der Waals surface area contributed by atoms with Crippen LogP contribution in [0.2, 0.25) is 0 Å². The number of aliphatic imine (C=N–C) groups is 1. The van der Waals surface area contributed by atoms with Crippen LogP contribution in [0.1, 0.15) is 25.8 Å². The SMILES string of the molecule is CCC(CS(=O)(=O)c1ccccc1)NC(=NC)NCC(C)COCc1ccccc1. The molecule has 0 aromatic heterocycles. The van der Waals surface area contributed by atoms with Crippen molar-refractivity contribution in [3.8, 4) is 0 Å². The number of rotatable bonds is 11. The summed E-state index contributed by atoms with van der Waals surface area (Å²) in [6, 6.07) is 18.4. The molecule has 2 N–H and O–H groups in total. The molecule has 0 aliphatic heterocycles. The summed E-state index contributed by atoms with van der Waals surface area (Å²) in [7, 11) is -1.68. The number of hydrogen-bond acceptors (Lipinski definition) is 4. The van der Waals surface area contributed by atoms with Crippen molar-refractivity contribution in [3.63, 3.8) is 0 Å². The van der Waals surface area contributed by atoms with E-state index in [2.05, 4.69) is 22.5 Å². The minimum Gasteiger partial charge on any atom is -0.376 e. The van der Waals surface area contributed by atoms with Crippen molar-refractivity contribution in [2.45, 2.75) is 37.8 Å². The fourth-order valence-electron chi connectivity index (χ4n) is 2.92. The second-order valence-electron chi connectivity index (χ2n) is 7.40. The van der Waals surface area contributed by atoms with Crippen LogP contribution in [-0.4, -0.2) is 46.4 Å². The molecule has 0 saturated carbocycles. The topological polar surface area (TPSA) is 79.8 Å². The predicted octanol–water partition coefficient (Wildman–Crippen LogP) is 3.26. The van der Waals surface area contributed by atoms with Gasteiger partial charge in [-0.15, -0.1) is 0 Å². The molecule has 7 heteroatoms. The third-order valence-corrected chi connectivity index (χ3v) is 6.54. The molecule has 0 fully saturated rings. The first kappa shape index (κ1) is 23.9. The molecule has 0 heterocycles. The smallest absolute Gasteiger partial charge is 0.191 e. The van der Waals surface area contributed by atoms with E-state index in [0.29, 0.717) is 37.0 Å². The van der Waals surface area contributed by atoms with Gasteiger partial charge in [0.1, 0.15) is 0 Å². The van der Waals surface area contributed by atoms with Gasteiger partial charge in [-0.05, 0) is 30.0 Å². The molecule has 0 amide bonds. The lowest BCUT2D eigenvalue weighted by Gasteiger charge is -2.21. The van der Waals surface area contributed by atoms with E-state index in [1.807, 2.05) is 43.3 Å². The molecule has 6 nitrogen and oxygen atoms in total. The van der Waals surface area contributed by atoms with Crippen molar-refractivity contribution >= 4 is 15.8 Å². The van der Waals surface area contributed by atoms with E-state index in [9.17, 15) is 8.42 Å². The highest BCUT2D eigenvalue weighted by atomic mass is 32.2. The molecule has 2 aromatic carbocycles. The highest BCUT2D eigenvalue weighted by Gasteiger charge is 2.21. The van der Waals surface area contributed by atoms with Crippen LogP contribution >= 0.6 is 0 Å². The van der Waals surface area contributed by atoms with Crippen LogP contribution < -0.4 is 10.6 Å². The largest absolute Gasteiger partial charge is 0.376 e. The Kier molecular flexibility index (Phi) is 9.83. The third kappa shape index (κ3) is 8.16. The Hall–Kier alpha value is -2.38. The van der Waals surface area contributed by atoms with Gasteiger partial charge in [0.05, 0.1) is 23.9 Å². The second-order valence-corrected chi connectivity index (χ2v) is 9.44. The first-order chi connectivity index (χ1) is 14.4. The standard InChI is InChI=1S/C23H33N3O3S/c1-4-21(18-30(27,28)22-13-9-6-10-14-22)26-23(24-3)25-15-19(2)16-29-17-20-11-7-5-8-12-20/h5-14,19,21H,4,15-18H2,1-3H3,(H2,24,25,26). The minimum atomic E-state index is -3.36. The maximum Gasteiger partial charge on any atom is 0.191 e. The Balaban J connectivity index is 1.79. The van der Waals surface area contributed by atoms with Crippen molar-refractivity contribution in [2.24, 2.45) is 10.9 Å². The first-order valence-electron chi connectivity index (χ1n) is 10.3. The number of nitrogens with one attached hydrogen (secondary N) is 2. The molecule has 0 aliphatic rings. The average molecular weight is 432 g/mol. The number of hydrogen-bond donors (Lipinski definition) is 2. The van der Waals surface area contributed by atoms with E-state index < -0.39 is 9.84 Å². The number of benzene rings is 2. The zero-order chi connectivity index (χ0) is 21.8. The molecule has 0 saturated heterocycles. The zero-order valence-corrected chi connectivity index (χ0v) is 18.9. The Labute approximate surface area is 180 Å². The predicted molar refractivity (Wildman–Crippen MR) is 122 cm³/mol. The number of guanidine groups is 1. The highest BCUT2D eigenvalue weighted by molar-refractivity contribution is 7.91. The van der Waals surface area contributed by atoms with Crippen LogP contribution in [-0.2, 0) is 21.2 Å². The van der Waals surface area contributed by atoms with Gasteiger partial charge >= 0.3 is 0 Å². The van der Waals surface area contributed by atoms with Gasteiger partial charge in [0, 0.05) is 19.6 Å². The van der Waals surface area contributed by atoms with E-state index in [1.165, 1.54) is 0 Å². The third-order valence-electron chi connectivity index (χ3n) is 4.71. The van der Waals surface area contributed by atoms with E-state index in [-0.39, 0.29) is 17.7 Å². The molecule has 0 radical (unpaired) electrons. The molecule has 164 valence electrons. The van der Waals surface area contributed by atoms with Gasteiger partial charge in [0.25, 0.3) is 0 Å². The summed E-state index contributed by atoms with van der Waals surface area (Å²) in [5.74, 6) is 0.893. The zero-order valence-electron chi connectivity index (χ0n) is 18.0. The fourth-order valence-corrected chi connectivity index (χ4v) is 4.53. The maximum absolute atomic E-state index is 12.7. The lowest BCUT2D eigenvalue weighted by molar-refractivity contribution is 0.0931. The van der Waals surface area contributed by atoms with Crippen LogP contribution in [0.5, 0.6) is 0 Å². The van der Waals surface area contributed by atoms with Crippen molar-refractivity contribution in [1.29, 1.82) is 0 Å². The molecule has 2 aromatic rings. The summed E-state index contributed by atoms with van der Waals surface area (Å²) in [5, 5.41) is 6.51. The summed E-state index contributed by atoms with van der Waals surface area (Å²) >= 11 is 0.